The van der Waals surface area contributed by atoms with E-state index in [1.165, 1.54) is 18.2 Å². The van der Waals surface area contributed by atoms with Gasteiger partial charge in [-0.1, -0.05) is 0 Å². The lowest BCUT2D eigenvalue weighted by molar-refractivity contribution is 0.254. The number of anilines is 1. The number of halogens is 2. The van der Waals surface area contributed by atoms with E-state index in [0.717, 1.165) is 26.2 Å². The molecule has 1 aliphatic heterocycles. The van der Waals surface area contributed by atoms with Crippen molar-refractivity contribution in [2.24, 2.45) is 0 Å². The van der Waals surface area contributed by atoms with Gasteiger partial charge in [-0.05, 0) is 34.1 Å². The van der Waals surface area contributed by atoms with Gasteiger partial charge in [0.1, 0.15) is 5.82 Å². The molecule has 1 aromatic rings. The van der Waals surface area contributed by atoms with Gasteiger partial charge in [0.25, 0.3) is 0 Å². The largest absolute Gasteiger partial charge is 0.314 e. The Labute approximate surface area is 126 Å². The smallest absolute Gasteiger partial charge is 0.234 e. The number of rotatable bonds is 5. The van der Waals surface area contributed by atoms with Gasteiger partial charge in [-0.3, -0.25) is 9.62 Å². The van der Waals surface area contributed by atoms with Crippen molar-refractivity contribution >= 4 is 31.6 Å². The maximum Gasteiger partial charge on any atom is 0.234 e. The molecular weight excluding hydrogens is 349 g/mol. The fourth-order valence-electron chi connectivity index (χ4n) is 1.97. The number of piperazine rings is 1. The maximum absolute atomic E-state index is 13.0. The lowest BCUT2D eigenvalue weighted by Gasteiger charge is -2.26. The van der Waals surface area contributed by atoms with Gasteiger partial charge in [-0.25, -0.2) is 12.8 Å². The molecule has 1 aromatic carbocycles. The zero-order valence-corrected chi connectivity index (χ0v) is 13.3. The van der Waals surface area contributed by atoms with Crippen LogP contribution in [-0.2, 0) is 10.0 Å². The first kappa shape index (κ1) is 15.7. The van der Waals surface area contributed by atoms with Crippen LogP contribution >= 0.6 is 15.9 Å². The molecule has 2 N–H and O–H groups in total. The SMILES string of the molecule is O=S(=O)(CCN1CCNCC1)Nc1ccc(F)cc1Br. The van der Waals surface area contributed by atoms with Crippen molar-refractivity contribution in [3.63, 3.8) is 0 Å². The third kappa shape index (κ3) is 4.69. The van der Waals surface area contributed by atoms with Crippen molar-refractivity contribution in [1.82, 2.24) is 10.2 Å². The van der Waals surface area contributed by atoms with Gasteiger partial charge in [-0.15, -0.1) is 0 Å². The van der Waals surface area contributed by atoms with E-state index in [1.807, 2.05) is 0 Å². The Morgan fingerprint density at radius 3 is 2.70 bits per heavy atom. The summed E-state index contributed by atoms with van der Waals surface area (Å²) in [6.07, 6.45) is 0. The van der Waals surface area contributed by atoms with Crippen LogP contribution in [-0.4, -0.2) is 51.8 Å². The van der Waals surface area contributed by atoms with Gasteiger partial charge >= 0.3 is 0 Å². The molecule has 0 aromatic heterocycles. The molecule has 20 heavy (non-hydrogen) atoms. The highest BCUT2D eigenvalue weighted by Crippen LogP contribution is 2.24. The van der Waals surface area contributed by atoms with Crippen molar-refractivity contribution in [3.05, 3.63) is 28.5 Å². The minimum absolute atomic E-state index is 0.0246. The van der Waals surface area contributed by atoms with Crippen LogP contribution < -0.4 is 10.0 Å². The number of nitrogens with zero attached hydrogens (tertiary/aromatic N) is 1. The Hall–Kier alpha value is -0.700. The molecule has 5 nitrogen and oxygen atoms in total. The molecule has 0 radical (unpaired) electrons. The molecule has 0 spiro atoms. The average Bonchev–Trinajstić information content (AvgIpc) is 2.41. The van der Waals surface area contributed by atoms with Crippen LogP contribution in [0, 0.1) is 5.82 Å². The number of nitrogens with one attached hydrogen (secondary N) is 2. The van der Waals surface area contributed by atoms with Crippen LogP contribution in [0.25, 0.3) is 0 Å². The van der Waals surface area contributed by atoms with Crippen molar-refractivity contribution in [2.75, 3.05) is 43.2 Å². The second-order valence-electron chi connectivity index (χ2n) is 4.64. The van der Waals surface area contributed by atoms with E-state index in [0.29, 0.717) is 16.7 Å². The van der Waals surface area contributed by atoms with E-state index in [1.54, 1.807) is 0 Å². The minimum Gasteiger partial charge on any atom is -0.314 e. The number of hydrogen-bond acceptors (Lipinski definition) is 4. The third-order valence-corrected chi connectivity index (χ3v) is 4.99. The summed E-state index contributed by atoms with van der Waals surface area (Å²) >= 11 is 3.14. The number of benzene rings is 1. The molecule has 8 heteroatoms. The summed E-state index contributed by atoms with van der Waals surface area (Å²) in [5, 5.41) is 3.22. The fraction of sp³-hybridized carbons (Fsp3) is 0.500. The molecule has 0 saturated carbocycles. The first-order valence-electron chi connectivity index (χ1n) is 6.35. The second kappa shape index (κ2) is 6.84. The Bertz CT molecular complexity index is 562. The summed E-state index contributed by atoms with van der Waals surface area (Å²) < 4.78 is 39.8. The van der Waals surface area contributed by atoms with Gasteiger partial charge < -0.3 is 5.32 Å². The standard InChI is InChI=1S/C12H17BrFN3O2S/c13-11-9-10(14)1-2-12(11)16-20(18,19)8-7-17-5-3-15-4-6-17/h1-2,9,15-16H,3-8H2. The summed E-state index contributed by atoms with van der Waals surface area (Å²) in [5.41, 5.74) is 0.353. The number of hydrogen-bond donors (Lipinski definition) is 2. The molecule has 1 aliphatic rings. The van der Waals surface area contributed by atoms with Crippen molar-refractivity contribution < 1.29 is 12.8 Å². The van der Waals surface area contributed by atoms with Gasteiger partial charge in [-0.2, -0.15) is 0 Å². The van der Waals surface area contributed by atoms with Gasteiger partial charge in [0.2, 0.25) is 10.0 Å². The molecule has 0 amide bonds. The Balaban J connectivity index is 1.93. The molecular formula is C12H17BrFN3O2S. The molecule has 0 aliphatic carbocycles. The van der Waals surface area contributed by atoms with E-state index in [-0.39, 0.29) is 5.75 Å². The summed E-state index contributed by atoms with van der Waals surface area (Å²) in [6, 6.07) is 3.86. The Kier molecular flexibility index (Phi) is 5.36. The molecule has 0 atom stereocenters. The van der Waals surface area contributed by atoms with Crippen molar-refractivity contribution in [3.8, 4) is 0 Å². The average molecular weight is 366 g/mol. The summed E-state index contributed by atoms with van der Waals surface area (Å²) in [7, 11) is -3.43. The quantitative estimate of drug-likeness (QED) is 0.823. The van der Waals surface area contributed by atoms with Gasteiger partial charge in [0.15, 0.2) is 0 Å². The highest BCUT2D eigenvalue weighted by atomic mass is 79.9. The lowest BCUT2D eigenvalue weighted by Crippen LogP contribution is -2.45. The van der Waals surface area contributed by atoms with E-state index < -0.39 is 15.8 Å². The van der Waals surface area contributed by atoms with E-state index in [9.17, 15) is 12.8 Å². The minimum atomic E-state index is -3.43. The zero-order chi connectivity index (χ0) is 14.6. The molecule has 1 saturated heterocycles. The monoisotopic (exact) mass is 365 g/mol. The fourth-order valence-corrected chi connectivity index (χ4v) is 3.67. The highest BCUT2D eigenvalue weighted by Gasteiger charge is 2.16. The molecule has 2 rings (SSSR count). The van der Waals surface area contributed by atoms with Crippen LogP contribution in [0.5, 0.6) is 0 Å². The molecule has 0 bridgehead atoms. The molecule has 112 valence electrons. The second-order valence-corrected chi connectivity index (χ2v) is 7.33. The summed E-state index contributed by atoms with van der Waals surface area (Å²) in [4.78, 5) is 2.11. The zero-order valence-electron chi connectivity index (χ0n) is 10.9. The van der Waals surface area contributed by atoms with Crippen LogP contribution in [0.3, 0.4) is 0 Å². The lowest BCUT2D eigenvalue weighted by atomic mass is 10.3. The normalized spacial score (nSPS) is 17.1. The third-order valence-electron chi connectivity index (χ3n) is 3.08. The van der Waals surface area contributed by atoms with E-state index in [4.69, 9.17) is 0 Å². The van der Waals surface area contributed by atoms with Gasteiger partial charge in [0, 0.05) is 37.2 Å². The van der Waals surface area contributed by atoms with Crippen LogP contribution in [0.1, 0.15) is 0 Å². The summed E-state index contributed by atoms with van der Waals surface area (Å²) in [5.74, 6) is -0.391. The van der Waals surface area contributed by atoms with Gasteiger partial charge in [0.05, 0.1) is 11.4 Å². The Morgan fingerprint density at radius 1 is 1.35 bits per heavy atom. The van der Waals surface area contributed by atoms with Crippen molar-refractivity contribution in [2.45, 2.75) is 0 Å². The van der Waals surface area contributed by atoms with E-state index in [2.05, 4.69) is 30.9 Å². The molecule has 1 fully saturated rings. The molecule has 1 heterocycles. The number of sulfonamides is 1. The first-order valence-corrected chi connectivity index (χ1v) is 8.79. The summed E-state index contributed by atoms with van der Waals surface area (Å²) in [6.45, 7) is 3.98. The predicted octanol–water partition coefficient (Wildman–Crippen LogP) is 1.24. The predicted molar refractivity (Wildman–Crippen MR) is 80.8 cm³/mol. The van der Waals surface area contributed by atoms with Crippen molar-refractivity contribution in [1.29, 1.82) is 0 Å². The first-order chi connectivity index (χ1) is 9.46. The maximum atomic E-state index is 13.0. The van der Waals surface area contributed by atoms with Crippen LogP contribution in [0.2, 0.25) is 0 Å². The van der Waals surface area contributed by atoms with Crippen LogP contribution in [0.15, 0.2) is 22.7 Å². The highest BCUT2D eigenvalue weighted by molar-refractivity contribution is 9.10. The topological polar surface area (TPSA) is 61.4 Å². The molecule has 0 unspecified atom stereocenters. The Morgan fingerprint density at radius 2 is 2.05 bits per heavy atom. The van der Waals surface area contributed by atoms with E-state index >= 15 is 0 Å². The van der Waals surface area contributed by atoms with Crippen LogP contribution in [0.4, 0.5) is 10.1 Å².